The number of ether oxygens (including phenoxy) is 1. The van der Waals surface area contributed by atoms with E-state index in [1.54, 1.807) is 12.3 Å². The molecule has 2 aliphatic carbocycles. The summed E-state index contributed by atoms with van der Waals surface area (Å²) in [6, 6.07) is 7.15. The Bertz CT molecular complexity index is 1230. The molecule has 3 aromatic rings. The number of halogens is 1. The average molecular weight is 433 g/mol. The monoisotopic (exact) mass is 432 g/mol. The van der Waals surface area contributed by atoms with Gasteiger partial charge in [-0.2, -0.15) is 9.97 Å². The van der Waals surface area contributed by atoms with Crippen molar-refractivity contribution in [1.29, 1.82) is 0 Å². The van der Waals surface area contributed by atoms with E-state index in [1.807, 2.05) is 26.1 Å². The van der Waals surface area contributed by atoms with Crippen LogP contribution in [-0.2, 0) is 6.42 Å². The summed E-state index contributed by atoms with van der Waals surface area (Å²) in [5.41, 5.74) is 11.6. The molecular formula is C24H25FN6O. The van der Waals surface area contributed by atoms with Gasteiger partial charge in [0.15, 0.2) is 0 Å². The van der Waals surface area contributed by atoms with Gasteiger partial charge in [0, 0.05) is 48.9 Å². The van der Waals surface area contributed by atoms with Gasteiger partial charge in [0.1, 0.15) is 17.4 Å². The minimum atomic E-state index is -0.277. The molecule has 0 radical (unpaired) electrons. The molecule has 2 aromatic heterocycles. The van der Waals surface area contributed by atoms with E-state index < -0.39 is 0 Å². The minimum Gasteiger partial charge on any atom is -0.423 e. The predicted molar refractivity (Wildman–Crippen MR) is 121 cm³/mol. The first kappa shape index (κ1) is 19.4. The summed E-state index contributed by atoms with van der Waals surface area (Å²) in [5.74, 6) is 1.70. The van der Waals surface area contributed by atoms with Gasteiger partial charge in [-0.25, -0.2) is 4.39 Å². The van der Waals surface area contributed by atoms with Crippen LogP contribution in [0, 0.1) is 24.1 Å². The van der Waals surface area contributed by atoms with Gasteiger partial charge in [0.2, 0.25) is 0 Å². The molecule has 3 heterocycles. The van der Waals surface area contributed by atoms with Crippen LogP contribution in [0.4, 0.5) is 15.9 Å². The van der Waals surface area contributed by atoms with E-state index in [2.05, 4.69) is 15.2 Å². The quantitative estimate of drug-likeness (QED) is 0.499. The third kappa shape index (κ3) is 2.93. The Morgan fingerprint density at radius 2 is 2.19 bits per heavy atom. The number of benzene rings is 1. The SMILES string of the molecule is CNc1cc(F)cc2c1Cc1nc(Oc3ccc(C)nc3)nc(N3CC4CC4(CN)C3)c1-2. The maximum absolute atomic E-state index is 14.5. The minimum absolute atomic E-state index is 0.180. The molecule has 2 fully saturated rings. The number of hydrogen-bond acceptors (Lipinski definition) is 7. The molecule has 3 N–H and O–H groups in total. The van der Waals surface area contributed by atoms with E-state index in [4.69, 9.17) is 20.4 Å². The van der Waals surface area contributed by atoms with Crippen LogP contribution in [0.1, 0.15) is 23.4 Å². The molecule has 0 spiro atoms. The number of rotatable bonds is 5. The zero-order valence-corrected chi connectivity index (χ0v) is 18.2. The summed E-state index contributed by atoms with van der Waals surface area (Å²) < 4.78 is 20.5. The second-order valence-corrected chi connectivity index (χ2v) is 9.14. The van der Waals surface area contributed by atoms with Crippen molar-refractivity contribution < 1.29 is 9.13 Å². The molecular weight excluding hydrogens is 407 g/mol. The molecule has 32 heavy (non-hydrogen) atoms. The van der Waals surface area contributed by atoms with Crippen LogP contribution >= 0.6 is 0 Å². The van der Waals surface area contributed by atoms with Crippen molar-refractivity contribution >= 4 is 11.5 Å². The fourth-order valence-corrected chi connectivity index (χ4v) is 5.28. The molecule has 3 aliphatic rings. The van der Waals surface area contributed by atoms with E-state index in [1.165, 1.54) is 12.5 Å². The highest BCUT2D eigenvalue weighted by atomic mass is 19.1. The molecule has 0 amide bonds. The lowest BCUT2D eigenvalue weighted by molar-refractivity contribution is 0.437. The van der Waals surface area contributed by atoms with Crippen LogP contribution in [0.5, 0.6) is 11.8 Å². The van der Waals surface area contributed by atoms with Gasteiger partial charge < -0.3 is 20.7 Å². The number of anilines is 2. The van der Waals surface area contributed by atoms with Crippen LogP contribution in [0.25, 0.3) is 11.1 Å². The fraction of sp³-hybridized carbons (Fsp3) is 0.375. The van der Waals surface area contributed by atoms with Crippen molar-refractivity contribution in [1.82, 2.24) is 15.0 Å². The van der Waals surface area contributed by atoms with E-state index in [-0.39, 0.29) is 17.2 Å². The second kappa shape index (κ2) is 6.87. The summed E-state index contributed by atoms with van der Waals surface area (Å²) in [6.07, 6.45) is 3.43. The molecule has 1 saturated heterocycles. The topological polar surface area (TPSA) is 89.2 Å². The van der Waals surface area contributed by atoms with E-state index in [0.29, 0.717) is 24.6 Å². The van der Waals surface area contributed by atoms with Gasteiger partial charge in [0.05, 0.1) is 11.9 Å². The standard InChI is InChI=1S/C24H25FN6O/c1-13-3-4-16(9-28-13)32-23-29-20-7-17-18(5-15(25)6-19(17)27-2)21(20)22(30-23)31-10-14-8-24(14,11-26)12-31/h3-6,9,14,27H,7-8,10-12,26H2,1-2H3. The number of nitrogens with two attached hydrogens (primary N) is 1. The van der Waals surface area contributed by atoms with Gasteiger partial charge in [0.25, 0.3) is 0 Å². The van der Waals surface area contributed by atoms with Gasteiger partial charge in [-0.1, -0.05) is 0 Å². The predicted octanol–water partition coefficient (Wildman–Crippen LogP) is 3.51. The molecule has 2 atom stereocenters. The lowest BCUT2D eigenvalue weighted by Crippen LogP contribution is -2.29. The number of aromatic nitrogens is 3. The van der Waals surface area contributed by atoms with Crippen LogP contribution in [0.15, 0.2) is 30.5 Å². The van der Waals surface area contributed by atoms with Crippen molar-refractivity contribution in [2.45, 2.75) is 19.8 Å². The Labute approximate surface area is 185 Å². The van der Waals surface area contributed by atoms with Gasteiger partial charge in [-0.15, -0.1) is 0 Å². The summed E-state index contributed by atoms with van der Waals surface area (Å²) >= 11 is 0. The summed E-state index contributed by atoms with van der Waals surface area (Å²) in [5, 5.41) is 3.12. The Balaban J connectivity index is 1.46. The number of nitrogens with one attached hydrogen (secondary N) is 1. The van der Waals surface area contributed by atoms with Crippen molar-refractivity contribution in [2.75, 3.05) is 36.9 Å². The van der Waals surface area contributed by atoms with Crippen molar-refractivity contribution in [3.8, 4) is 22.9 Å². The average Bonchev–Trinajstić information content (AvgIpc) is 3.15. The lowest BCUT2D eigenvalue weighted by atomic mass is 10.0. The molecule has 0 bridgehead atoms. The van der Waals surface area contributed by atoms with Crippen LogP contribution in [0.3, 0.4) is 0 Å². The maximum atomic E-state index is 14.5. The first-order valence-electron chi connectivity index (χ1n) is 11.0. The maximum Gasteiger partial charge on any atom is 0.324 e. The van der Waals surface area contributed by atoms with Crippen LogP contribution < -0.4 is 20.7 Å². The van der Waals surface area contributed by atoms with Crippen molar-refractivity contribution in [2.24, 2.45) is 17.1 Å². The Morgan fingerprint density at radius 3 is 2.91 bits per heavy atom. The van der Waals surface area contributed by atoms with E-state index >= 15 is 0 Å². The third-order valence-corrected chi connectivity index (χ3v) is 7.15. The molecule has 6 rings (SSSR count). The Morgan fingerprint density at radius 1 is 1.31 bits per heavy atom. The highest BCUT2D eigenvalue weighted by molar-refractivity contribution is 5.88. The van der Waals surface area contributed by atoms with Crippen molar-refractivity contribution in [3.05, 3.63) is 53.2 Å². The molecule has 1 saturated carbocycles. The molecule has 2 unspecified atom stereocenters. The van der Waals surface area contributed by atoms with E-state index in [0.717, 1.165) is 52.7 Å². The largest absolute Gasteiger partial charge is 0.423 e. The number of pyridine rings is 1. The van der Waals surface area contributed by atoms with Gasteiger partial charge in [-0.05, 0) is 61.2 Å². The number of hydrogen-bond donors (Lipinski definition) is 2. The number of nitrogens with zero attached hydrogens (tertiary/aromatic N) is 4. The highest BCUT2D eigenvalue weighted by Gasteiger charge is 2.59. The Hall–Kier alpha value is -3.26. The molecule has 164 valence electrons. The molecule has 1 aliphatic heterocycles. The van der Waals surface area contributed by atoms with Gasteiger partial charge in [-0.3, -0.25) is 4.98 Å². The summed E-state index contributed by atoms with van der Waals surface area (Å²) in [6.45, 7) is 4.35. The second-order valence-electron chi connectivity index (χ2n) is 9.14. The third-order valence-electron chi connectivity index (χ3n) is 7.15. The number of fused-ring (bicyclic) bond motifs is 4. The molecule has 7 nitrogen and oxygen atoms in total. The normalized spacial score (nSPS) is 22.4. The first-order valence-corrected chi connectivity index (χ1v) is 11.0. The van der Waals surface area contributed by atoms with E-state index in [9.17, 15) is 4.39 Å². The first-order chi connectivity index (χ1) is 15.5. The Kier molecular flexibility index (Phi) is 4.17. The zero-order valence-electron chi connectivity index (χ0n) is 18.2. The van der Waals surface area contributed by atoms with Crippen molar-refractivity contribution in [3.63, 3.8) is 0 Å². The highest BCUT2D eigenvalue weighted by Crippen LogP contribution is 2.58. The lowest BCUT2D eigenvalue weighted by Gasteiger charge is -2.24. The number of piperidine rings is 1. The summed E-state index contributed by atoms with van der Waals surface area (Å²) in [7, 11) is 1.81. The summed E-state index contributed by atoms with van der Waals surface area (Å²) in [4.78, 5) is 16.1. The molecule has 8 heteroatoms. The van der Waals surface area contributed by atoms with Crippen LogP contribution in [0.2, 0.25) is 0 Å². The zero-order chi connectivity index (χ0) is 22.0. The molecule has 1 aromatic carbocycles. The fourth-order valence-electron chi connectivity index (χ4n) is 5.28. The number of aryl methyl sites for hydroxylation is 1. The van der Waals surface area contributed by atoms with Gasteiger partial charge >= 0.3 is 6.01 Å². The smallest absolute Gasteiger partial charge is 0.324 e. The van der Waals surface area contributed by atoms with Crippen LogP contribution in [-0.4, -0.2) is 41.6 Å².